The van der Waals surface area contributed by atoms with E-state index < -0.39 is 59.9 Å². The van der Waals surface area contributed by atoms with Crippen molar-refractivity contribution < 1.29 is 34.2 Å². The summed E-state index contributed by atoms with van der Waals surface area (Å²) in [4.78, 5) is 64.9. The van der Waals surface area contributed by atoms with Gasteiger partial charge in [-0.1, -0.05) is 18.2 Å². The lowest BCUT2D eigenvalue weighted by atomic mass is 10.0. The first-order chi connectivity index (χ1) is 18.4. The number of carboxylic acid groups (broad SMARTS) is 1. The third kappa shape index (κ3) is 9.57. The molecule has 0 aliphatic carbocycles. The van der Waals surface area contributed by atoms with Crippen LogP contribution in [0.2, 0.25) is 0 Å². The maximum absolute atomic E-state index is 13.3. The number of aliphatic hydroxyl groups is 1. The van der Waals surface area contributed by atoms with E-state index in [1.165, 1.54) is 18.7 Å². The van der Waals surface area contributed by atoms with Gasteiger partial charge in [-0.05, 0) is 43.4 Å². The molecule has 5 atom stereocenters. The molecule has 0 aliphatic rings. The highest BCUT2D eigenvalue weighted by Crippen LogP contribution is 2.19. The number of primary amides is 1. The summed E-state index contributed by atoms with van der Waals surface area (Å²) in [5.41, 5.74) is 12.4. The van der Waals surface area contributed by atoms with Crippen molar-refractivity contribution in [3.63, 3.8) is 0 Å². The largest absolute Gasteiger partial charge is 0.480 e. The van der Waals surface area contributed by atoms with Crippen molar-refractivity contribution in [1.29, 1.82) is 0 Å². The van der Waals surface area contributed by atoms with Gasteiger partial charge in [0, 0.05) is 29.9 Å². The van der Waals surface area contributed by atoms with Gasteiger partial charge in [-0.3, -0.25) is 19.2 Å². The van der Waals surface area contributed by atoms with Gasteiger partial charge in [0.1, 0.15) is 18.1 Å². The SMILES string of the molecule is CSCCC(N)C(=O)NC(C(=O)NC(Cc1c[nH]c2ccccc12)C(=O)NC(CCC(N)=O)C(=O)O)C(C)O. The summed E-state index contributed by atoms with van der Waals surface area (Å²) in [6, 6.07) is 2.21. The number of hydrogen-bond donors (Lipinski definition) is 8. The van der Waals surface area contributed by atoms with Crippen LogP contribution in [-0.2, 0) is 30.4 Å². The number of rotatable bonds is 16. The highest BCUT2D eigenvalue weighted by Gasteiger charge is 2.33. The van der Waals surface area contributed by atoms with E-state index in [1.54, 1.807) is 12.3 Å². The lowest BCUT2D eigenvalue weighted by molar-refractivity contribution is -0.142. The number of aliphatic carboxylic acids is 1. The molecule has 14 heteroatoms. The summed E-state index contributed by atoms with van der Waals surface area (Å²) >= 11 is 1.50. The van der Waals surface area contributed by atoms with Crippen molar-refractivity contribution in [2.45, 2.75) is 62.9 Å². The van der Waals surface area contributed by atoms with Crippen LogP contribution >= 0.6 is 11.8 Å². The van der Waals surface area contributed by atoms with Crippen LogP contribution in [0.3, 0.4) is 0 Å². The standard InChI is InChI=1S/C25H36N6O7S/c1-13(32)21(31-22(34)16(26)9-10-39-2)24(36)30-19(11-14-12-28-17-6-4-3-5-15(14)17)23(35)29-18(25(37)38)7-8-20(27)33/h3-6,12-13,16,18-19,21,28,32H,7-11,26H2,1-2H3,(H2,27,33)(H,29,35)(H,30,36)(H,31,34)(H,37,38). The van der Waals surface area contributed by atoms with E-state index in [0.717, 1.165) is 10.9 Å². The number of para-hydroxylation sites is 1. The average Bonchev–Trinajstić information content (AvgIpc) is 3.29. The van der Waals surface area contributed by atoms with E-state index in [-0.39, 0.29) is 19.3 Å². The predicted molar refractivity (Wildman–Crippen MR) is 147 cm³/mol. The van der Waals surface area contributed by atoms with E-state index in [4.69, 9.17) is 11.5 Å². The Labute approximate surface area is 229 Å². The summed E-state index contributed by atoms with van der Waals surface area (Å²) < 4.78 is 0. The van der Waals surface area contributed by atoms with E-state index in [9.17, 15) is 34.2 Å². The monoisotopic (exact) mass is 564 g/mol. The molecular weight excluding hydrogens is 528 g/mol. The van der Waals surface area contributed by atoms with Gasteiger partial charge in [-0.2, -0.15) is 11.8 Å². The van der Waals surface area contributed by atoms with Crippen LogP contribution in [-0.4, -0.2) is 87.1 Å². The Morgan fingerprint density at radius 3 is 2.28 bits per heavy atom. The molecule has 2 aromatic rings. The van der Waals surface area contributed by atoms with Crippen LogP contribution in [0.5, 0.6) is 0 Å². The fourth-order valence-electron chi connectivity index (χ4n) is 3.85. The summed E-state index contributed by atoms with van der Waals surface area (Å²) in [7, 11) is 0. The fraction of sp³-hybridized carbons (Fsp3) is 0.480. The van der Waals surface area contributed by atoms with E-state index in [2.05, 4.69) is 20.9 Å². The number of amides is 4. The predicted octanol–water partition coefficient (Wildman–Crippen LogP) is -1.02. The highest BCUT2D eigenvalue weighted by molar-refractivity contribution is 7.98. The molecule has 0 radical (unpaired) electrons. The molecule has 0 aliphatic heterocycles. The highest BCUT2D eigenvalue weighted by atomic mass is 32.2. The van der Waals surface area contributed by atoms with Gasteiger partial charge in [-0.25, -0.2) is 4.79 Å². The summed E-state index contributed by atoms with van der Waals surface area (Å²) in [6.45, 7) is 1.30. The first-order valence-corrected chi connectivity index (χ1v) is 13.7. The van der Waals surface area contributed by atoms with Crippen LogP contribution in [0.1, 0.15) is 31.7 Å². The molecule has 0 saturated carbocycles. The number of nitrogens with two attached hydrogens (primary N) is 2. The molecule has 0 bridgehead atoms. The number of carboxylic acids is 1. The molecule has 0 fully saturated rings. The van der Waals surface area contributed by atoms with Gasteiger partial charge in [0.25, 0.3) is 0 Å². The number of thioether (sulfide) groups is 1. The van der Waals surface area contributed by atoms with Crippen LogP contribution < -0.4 is 27.4 Å². The Morgan fingerprint density at radius 1 is 1.00 bits per heavy atom. The molecule has 4 amide bonds. The number of carbonyl (C=O) groups is 5. The fourth-order valence-corrected chi connectivity index (χ4v) is 4.34. The molecule has 1 aromatic heterocycles. The quantitative estimate of drug-likeness (QED) is 0.124. The minimum Gasteiger partial charge on any atom is -0.480 e. The van der Waals surface area contributed by atoms with Crippen molar-refractivity contribution in [2.24, 2.45) is 11.5 Å². The molecule has 10 N–H and O–H groups in total. The second kappa shape index (κ2) is 15.1. The Bertz CT molecular complexity index is 1170. The van der Waals surface area contributed by atoms with Crippen LogP contribution in [0.25, 0.3) is 10.9 Å². The number of hydrogen-bond acceptors (Lipinski definition) is 8. The zero-order chi connectivity index (χ0) is 29.1. The third-order valence-electron chi connectivity index (χ3n) is 6.06. The molecule has 5 unspecified atom stereocenters. The molecule has 13 nitrogen and oxygen atoms in total. The van der Waals surface area contributed by atoms with E-state index in [1.807, 2.05) is 24.5 Å². The van der Waals surface area contributed by atoms with Crippen LogP contribution in [0.15, 0.2) is 30.5 Å². The normalized spacial score (nSPS) is 15.0. The molecular formula is C25H36N6O7S. The molecule has 214 valence electrons. The van der Waals surface area contributed by atoms with Crippen molar-refractivity contribution in [3.05, 3.63) is 36.0 Å². The molecule has 1 aromatic carbocycles. The number of aromatic amines is 1. The summed E-state index contributed by atoms with van der Waals surface area (Å²) in [5, 5.41) is 27.8. The number of fused-ring (bicyclic) bond motifs is 1. The minimum atomic E-state index is -1.44. The van der Waals surface area contributed by atoms with Gasteiger partial charge in [0.15, 0.2) is 0 Å². The topological polar surface area (TPSA) is 230 Å². The van der Waals surface area contributed by atoms with Gasteiger partial charge < -0.3 is 42.6 Å². The smallest absolute Gasteiger partial charge is 0.326 e. The lowest BCUT2D eigenvalue weighted by Gasteiger charge is -2.26. The third-order valence-corrected chi connectivity index (χ3v) is 6.70. The van der Waals surface area contributed by atoms with Gasteiger partial charge >= 0.3 is 5.97 Å². The number of carbonyl (C=O) groups excluding carboxylic acids is 4. The first kappa shape index (κ1) is 31.6. The van der Waals surface area contributed by atoms with Crippen molar-refractivity contribution >= 4 is 52.3 Å². The Hall–Kier alpha value is -3.62. The molecule has 39 heavy (non-hydrogen) atoms. The average molecular weight is 565 g/mol. The summed E-state index contributed by atoms with van der Waals surface area (Å²) in [5.74, 6) is -3.83. The van der Waals surface area contributed by atoms with Crippen molar-refractivity contribution in [1.82, 2.24) is 20.9 Å². The summed E-state index contributed by atoms with van der Waals surface area (Å²) in [6.07, 6.45) is 1.98. The maximum atomic E-state index is 13.3. The van der Waals surface area contributed by atoms with E-state index in [0.29, 0.717) is 17.7 Å². The second-order valence-electron chi connectivity index (χ2n) is 9.14. The van der Waals surface area contributed by atoms with Crippen molar-refractivity contribution in [2.75, 3.05) is 12.0 Å². The minimum absolute atomic E-state index is 0.0442. The number of nitrogens with one attached hydrogen (secondary N) is 4. The molecule has 2 rings (SSSR count). The zero-order valence-corrected chi connectivity index (χ0v) is 22.6. The molecule has 0 spiro atoms. The Balaban J connectivity index is 2.29. The van der Waals surface area contributed by atoms with Gasteiger partial charge in [0.2, 0.25) is 23.6 Å². The first-order valence-electron chi connectivity index (χ1n) is 12.3. The second-order valence-corrected chi connectivity index (χ2v) is 10.1. The number of aliphatic hydroxyl groups excluding tert-OH is 1. The number of aromatic nitrogens is 1. The van der Waals surface area contributed by atoms with E-state index >= 15 is 0 Å². The number of H-pyrrole nitrogens is 1. The van der Waals surface area contributed by atoms with Gasteiger partial charge in [-0.15, -0.1) is 0 Å². The lowest BCUT2D eigenvalue weighted by Crippen LogP contribution is -2.60. The Kier molecular flexibility index (Phi) is 12.2. The van der Waals surface area contributed by atoms with Crippen LogP contribution in [0, 0.1) is 0 Å². The van der Waals surface area contributed by atoms with Crippen LogP contribution in [0.4, 0.5) is 0 Å². The zero-order valence-electron chi connectivity index (χ0n) is 21.8. The number of benzene rings is 1. The maximum Gasteiger partial charge on any atom is 0.326 e. The molecule has 1 heterocycles. The van der Waals surface area contributed by atoms with Gasteiger partial charge in [0.05, 0.1) is 12.1 Å². The Morgan fingerprint density at radius 2 is 1.67 bits per heavy atom. The van der Waals surface area contributed by atoms with Crippen molar-refractivity contribution in [3.8, 4) is 0 Å². The molecule has 0 saturated heterocycles.